The second kappa shape index (κ2) is 6.58. The summed E-state index contributed by atoms with van der Waals surface area (Å²) >= 11 is 0. The average Bonchev–Trinajstić information content (AvgIpc) is 2.22. The van der Waals surface area contributed by atoms with Crippen molar-refractivity contribution in [3.05, 3.63) is 0 Å². The van der Waals surface area contributed by atoms with E-state index in [1.54, 1.807) is 0 Å². The fraction of sp³-hybridized carbons (Fsp3) is 0.833. The van der Waals surface area contributed by atoms with E-state index in [1.807, 2.05) is 13.8 Å². The molecule has 104 valence electrons. The molecule has 0 aromatic rings. The molecule has 0 aromatic heterocycles. The van der Waals surface area contributed by atoms with Gasteiger partial charge in [-0.1, -0.05) is 13.8 Å². The summed E-state index contributed by atoms with van der Waals surface area (Å²) in [6.07, 6.45) is 1.84. The number of amides is 2. The number of urea groups is 1. The molecule has 0 spiro atoms. The molecule has 1 fully saturated rings. The van der Waals surface area contributed by atoms with Crippen molar-refractivity contribution < 1.29 is 19.4 Å². The van der Waals surface area contributed by atoms with Crippen LogP contribution in [0.3, 0.4) is 0 Å². The smallest absolute Gasteiger partial charge is 0.329 e. The Morgan fingerprint density at radius 1 is 1.39 bits per heavy atom. The number of aliphatic carboxylic acids is 1. The summed E-state index contributed by atoms with van der Waals surface area (Å²) < 4.78 is 5.30. The van der Waals surface area contributed by atoms with Crippen LogP contribution < -0.4 is 10.6 Å². The van der Waals surface area contributed by atoms with Crippen LogP contribution >= 0.6 is 0 Å². The van der Waals surface area contributed by atoms with E-state index in [0.29, 0.717) is 38.5 Å². The minimum Gasteiger partial charge on any atom is -0.480 e. The SMILES string of the molecule is CC(C)COCCNC(=O)NC1(C(=O)O)CCC1. The Balaban J connectivity index is 2.16. The van der Waals surface area contributed by atoms with Crippen LogP contribution in [-0.4, -0.2) is 42.4 Å². The summed E-state index contributed by atoms with van der Waals surface area (Å²) in [4.78, 5) is 22.5. The van der Waals surface area contributed by atoms with Crippen LogP contribution in [0.5, 0.6) is 0 Å². The predicted molar refractivity (Wildman–Crippen MR) is 66.4 cm³/mol. The van der Waals surface area contributed by atoms with Gasteiger partial charge < -0.3 is 20.5 Å². The van der Waals surface area contributed by atoms with E-state index in [0.717, 1.165) is 6.42 Å². The summed E-state index contributed by atoms with van der Waals surface area (Å²) in [5, 5.41) is 14.2. The van der Waals surface area contributed by atoms with E-state index in [9.17, 15) is 9.59 Å². The fourth-order valence-electron chi connectivity index (χ4n) is 1.74. The lowest BCUT2D eigenvalue weighted by Gasteiger charge is -2.38. The summed E-state index contributed by atoms with van der Waals surface area (Å²) in [7, 11) is 0. The lowest BCUT2D eigenvalue weighted by atomic mass is 9.77. The van der Waals surface area contributed by atoms with Gasteiger partial charge in [0.25, 0.3) is 0 Å². The molecule has 0 atom stereocenters. The van der Waals surface area contributed by atoms with Gasteiger partial charge in [-0.3, -0.25) is 0 Å². The zero-order valence-electron chi connectivity index (χ0n) is 11.0. The molecule has 0 heterocycles. The minimum atomic E-state index is -1.05. The molecule has 6 heteroatoms. The van der Waals surface area contributed by atoms with E-state index in [1.165, 1.54) is 0 Å². The Bertz CT molecular complexity index is 300. The molecule has 1 aliphatic rings. The van der Waals surface area contributed by atoms with Gasteiger partial charge in [-0.15, -0.1) is 0 Å². The third-order valence-electron chi connectivity index (χ3n) is 2.95. The van der Waals surface area contributed by atoms with E-state index in [4.69, 9.17) is 9.84 Å². The molecular formula is C12H22N2O4. The summed E-state index contributed by atoms with van der Waals surface area (Å²) in [6.45, 7) is 5.57. The highest BCUT2D eigenvalue weighted by Gasteiger charge is 2.45. The Kier molecular flexibility index (Phi) is 5.40. The van der Waals surface area contributed by atoms with Crippen LogP contribution in [0, 0.1) is 5.92 Å². The van der Waals surface area contributed by atoms with Crippen LogP contribution in [0.2, 0.25) is 0 Å². The van der Waals surface area contributed by atoms with Crippen molar-refractivity contribution in [2.45, 2.75) is 38.6 Å². The van der Waals surface area contributed by atoms with E-state index >= 15 is 0 Å². The van der Waals surface area contributed by atoms with Crippen LogP contribution in [0.25, 0.3) is 0 Å². The van der Waals surface area contributed by atoms with E-state index in [-0.39, 0.29) is 0 Å². The fourth-order valence-corrected chi connectivity index (χ4v) is 1.74. The highest BCUT2D eigenvalue weighted by molar-refractivity contribution is 5.87. The first kappa shape index (κ1) is 14.8. The average molecular weight is 258 g/mol. The molecule has 0 unspecified atom stereocenters. The van der Waals surface area contributed by atoms with Crippen LogP contribution in [0.15, 0.2) is 0 Å². The Labute approximate surface area is 107 Å². The Morgan fingerprint density at radius 2 is 2.06 bits per heavy atom. The molecule has 0 aromatic carbocycles. The maximum absolute atomic E-state index is 11.5. The number of ether oxygens (including phenoxy) is 1. The lowest BCUT2D eigenvalue weighted by Crippen LogP contribution is -2.61. The van der Waals surface area contributed by atoms with Gasteiger partial charge in [-0.25, -0.2) is 9.59 Å². The third kappa shape index (κ3) is 4.18. The maximum Gasteiger partial charge on any atom is 0.329 e. The first-order valence-corrected chi connectivity index (χ1v) is 6.33. The molecule has 1 aliphatic carbocycles. The monoisotopic (exact) mass is 258 g/mol. The molecule has 0 bridgehead atoms. The number of carboxylic acids is 1. The predicted octanol–water partition coefficient (Wildman–Crippen LogP) is 0.965. The first-order valence-electron chi connectivity index (χ1n) is 6.33. The van der Waals surface area contributed by atoms with Gasteiger partial charge in [0.2, 0.25) is 0 Å². The minimum absolute atomic E-state index is 0.383. The van der Waals surface area contributed by atoms with Gasteiger partial charge in [-0.05, 0) is 25.2 Å². The molecule has 2 amide bonds. The normalized spacial score (nSPS) is 17.1. The van der Waals surface area contributed by atoms with Crippen molar-refractivity contribution in [3.63, 3.8) is 0 Å². The summed E-state index contributed by atoms with van der Waals surface area (Å²) in [5.74, 6) is -0.496. The number of carbonyl (C=O) groups is 2. The van der Waals surface area contributed by atoms with E-state index in [2.05, 4.69) is 10.6 Å². The van der Waals surface area contributed by atoms with Gasteiger partial charge in [0.1, 0.15) is 5.54 Å². The highest BCUT2D eigenvalue weighted by atomic mass is 16.5. The number of carboxylic acid groups (broad SMARTS) is 1. The molecule has 0 saturated heterocycles. The molecule has 1 saturated carbocycles. The number of hydrogen-bond donors (Lipinski definition) is 3. The van der Waals surface area contributed by atoms with Crippen LogP contribution in [0.1, 0.15) is 33.1 Å². The number of nitrogens with one attached hydrogen (secondary N) is 2. The van der Waals surface area contributed by atoms with E-state index < -0.39 is 17.5 Å². The zero-order chi connectivity index (χ0) is 13.6. The molecule has 18 heavy (non-hydrogen) atoms. The number of hydrogen-bond acceptors (Lipinski definition) is 3. The number of rotatable bonds is 7. The largest absolute Gasteiger partial charge is 0.480 e. The standard InChI is InChI=1S/C12H22N2O4/c1-9(2)8-18-7-6-13-11(17)14-12(10(15)16)4-3-5-12/h9H,3-8H2,1-2H3,(H,15,16)(H2,13,14,17). The second-order valence-electron chi connectivity index (χ2n) is 5.09. The Morgan fingerprint density at radius 3 is 2.50 bits per heavy atom. The van der Waals surface area contributed by atoms with Gasteiger partial charge >= 0.3 is 12.0 Å². The molecule has 6 nitrogen and oxygen atoms in total. The first-order chi connectivity index (χ1) is 8.46. The highest BCUT2D eigenvalue weighted by Crippen LogP contribution is 2.31. The van der Waals surface area contributed by atoms with Crippen molar-refractivity contribution in [2.24, 2.45) is 5.92 Å². The number of carbonyl (C=O) groups excluding carboxylic acids is 1. The van der Waals surface area contributed by atoms with Gasteiger partial charge in [0, 0.05) is 13.2 Å². The summed E-state index contributed by atoms with van der Waals surface area (Å²) in [5.41, 5.74) is -1.05. The third-order valence-corrected chi connectivity index (χ3v) is 2.95. The van der Waals surface area contributed by atoms with Crippen molar-refractivity contribution >= 4 is 12.0 Å². The van der Waals surface area contributed by atoms with Crippen molar-refractivity contribution in [2.75, 3.05) is 19.8 Å². The maximum atomic E-state index is 11.5. The van der Waals surface area contributed by atoms with Crippen molar-refractivity contribution in [1.29, 1.82) is 0 Å². The topological polar surface area (TPSA) is 87.7 Å². The quantitative estimate of drug-likeness (QED) is 0.594. The lowest BCUT2D eigenvalue weighted by molar-refractivity contribution is -0.148. The molecular weight excluding hydrogens is 236 g/mol. The van der Waals surface area contributed by atoms with Crippen LogP contribution in [0.4, 0.5) is 4.79 Å². The molecule has 3 N–H and O–H groups in total. The van der Waals surface area contributed by atoms with Gasteiger partial charge in [-0.2, -0.15) is 0 Å². The zero-order valence-corrected chi connectivity index (χ0v) is 11.0. The van der Waals surface area contributed by atoms with Crippen molar-refractivity contribution in [3.8, 4) is 0 Å². The van der Waals surface area contributed by atoms with Gasteiger partial charge in [0.15, 0.2) is 0 Å². The van der Waals surface area contributed by atoms with Crippen molar-refractivity contribution in [1.82, 2.24) is 10.6 Å². The summed E-state index contributed by atoms with van der Waals surface area (Å²) in [6, 6.07) is -0.440. The molecule has 0 aliphatic heterocycles. The molecule has 1 rings (SSSR count). The molecule has 0 radical (unpaired) electrons. The second-order valence-corrected chi connectivity index (χ2v) is 5.09. The Hall–Kier alpha value is -1.30. The van der Waals surface area contributed by atoms with Crippen LogP contribution in [-0.2, 0) is 9.53 Å². The van der Waals surface area contributed by atoms with Gasteiger partial charge in [0.05, 0.1) is 6.61 Å².